The number of benzene rings is 3. The first-order chi connectivity index (χ1) is 16.3. The molecule has 0 saturated heterocycles. The zero-order valence-corrected chi connectivity index (χ0v) is 21.4. The number of hydrogen-bond acceptors (Lipinski definition) is 6. The molecule has 3 aromatic rings. The first-order valence-corrected chi connectivity index (χ1v) is 11.7. The summed E-state index contributed by atoms with van der Waals surface area (Å²) in [7, 11) is 0. The Bertz CT molecular complexity index is 1240. The number of amides is 1. The molecule has 0 radical (unpaired) electrons. The highest BCUT2D eigenvalue weighted by molar-refractivity contribution is 14.1. The number of hydrazone groups is 1. The summed E-state index contributed by atoms with van der Waals surface area (Å²) < 4.78 is 12.5. The number of non-ortho nitro benzene ring substituents is 1. The maximum atomic E-state index is 12.2. The summed E-state index contributed by atoms with van der Waals surface area (Å²) in [5.74, 6) is 0.578. The van der Waals surface area contributed by atoms with Crippen molar-refractivity contribution in [2.75, 3.05) is 6.61 Å². The van der Waals surface area contributed by atoms with Crippen LogP contribution in [0.2, 0.25) is 10.0 Å². The van der Waals surface area contributed by atoms with Gasteiger partial charge in [0.05, 0.1) is 21.3 Å². The van der Waals surface area contributed by atoms with Gasteiger partial charge in [0.25, 0.3) is 11.6 Å². The Morgan fingerprint density at radius 2 is 1.88 bits per heavy atom. The van der Waals surface area contributed by atoms with E-state index in [0.717, 1.165) is 9.13 Å². The molecular formula is C23H18Cl2IN3O5. The van der Waals surface area contributed by atoms with Crippen LogP contribution in [0.4, 0.5) is 5.69 Å². The minimum absolute atomic E-state index is 0.0984. The second kappa shape index (κ2) is 12.0. The van der Waals surface area contributed by atoms with Crippen molar-refractivity contribution < 1.29 is 19.2 Å². The number of halogens is 3. The third-order valence-electron chi connectivity index (χ3n) is 4.44. The highest BCUT2D eigenvalue weighted by Gasteiger charge is 2.14. The predicted molar refractivity (Wildman–Crippen MR) is 139 cm³/mol. The lowest BCUT2D eigenvalue weighted by molar-refractivity contribution is -0.384. The summed E-state index contributed by atoms with van der Waals surface area (Å²) in [6.45, 7) is 2.51. The van der Waals surface area contributed by atoms with E-state index >= 15 is 0 Å². The maximum Gasteiger partial charge on any atom is 0.271 e. The van der Waals surface area contributed by atoms with Crippen LogP contribution in [0.15, 0.2) is 59.7 Å². The number of carbonyl (C=O) groups excluding carboxylic acids is 1. The van der Waals surface area contributed by atoms with Crippen LogP contribution in [0.1, 0.15) is 28.4 Å². The number of nitrogens with one attached hydrogen (secondary N) is 1. The molecule has 8 nitrogen and oxygen atoms in total. The second-order valence-electron chi connectivity index (χ2n) is 6.79. The molecule has 0 spiro atoms. The lowest BCUT2D eigenvalue weighted by Gasteiger charge is -2.15. The van der Waals surface area contributed by atoms with E-state index in [0.29, 0.717) is 33.7 Å². The monoisotopic (exact) mass is 613 g/mol. The molecule has 3 rings (SSSR count). The lowest BCUT2D eigenvalue weighted by atomic mass is 10.2. The average molecular weight is 614 g/mol. The number of nitro groups is 1. The molecule has 34 heavy (non-hydrogen) atoms. The molecule has 0 saturated carbocycles. The van der Waals surface area contributed by atoms with Gasteiger partial charge in [-0.1, -0.05) is 29.3 Å². The number of hydrogen-bond donors (Lipinski definition) is 1. The average Bonchev–Trinajstić information content (AvgIpc) is 2.80. The van der Waals surface area contributed by atoms with Crippen molar-refractivity contribution in [3.63, 3.8) is 0 Å². The van der Waals surface area contributed by atoms with Gasteiger partial charge in [0.2, 0.25) is 0 Å². The van der Waals surface area contributed by atoms with Crippen LogP contribution < -0.4 is 14.9 Å². The lowest BCUT2D eigenvalue weighted by Crippen LogP contribution is -2.17. The van der Waals surface area contributed by atoms with Crippen molar-refractivity contribution in [3.05, 3.63) is 95.0 Å². The molecule has 3 aromatic carbocycles. The summed E-state index contributed by atoms with van der Waals surface area (Å²) >= 11 is 14.3. The van der Waals surface area contributed by atoms with E-state index in [2.05, 4.69) is 33.1 Å². The normalized spacial score (nSPS) is 10.8. The molecule has 1 N–H and O–H groups in total. The van der Waals surface area contributed by atoms with Gasteiger partial charge < -0.3 is 9.47 Å². The number of nitro benzene ring substituents is 1. The molecule has 0 bridgehead atoms. The largest absolute Gasteiger partial charge is 0.490 e. The quantitative estimate of drug-likeness (QED) is 0.133. The first kappa shape index (κ1) is 25.7. The van der Waals surface area contributed by atoms with Crippen LogP contribution in [0.3, 0.4) is 0 Å². The van der Waals surface area contributed by atoms with Crippen molar-refractivity contribution in [2.24, 2.45) is 5.10 Å². The van der Waals surface area contributed by atoms with Crippen molar-refractivity contribution in [1.82, 2.24) is 5.43 Å². The highest BCUT2D eigenvalue weighted by atomic mass is 127. The van der Waals surface area contributed by atoms with Gasteiger partial charge in [-0.05, 0) is 71.5 Å². The molecule has 0 fully saturated rings. The second-order valence-corrected chi connectivity index (χ2v) is 8.80. The molecule has 0 unspecified atom stereocenters. The zero-order valence-electron chi connectivity index (χ0n) is 17.8. The van der Waals surface area contributed by atoms with Gasteiger partial charge in [-0.2, -0.15) is 5.10 Å². The van der Waals surface area contributed by atoms with Crippen LogP contribution in [-0.2, 0) is 6.61 Å². The van der Waals surface area contributed by atoms with Gasteiger partial charge in [0.15, 0.2) is 11.5 Å². The van der Waals surface area contributed by atoms with Gasteiger partial charge in [0.1, 0.15) is 6.61 Å². The fourth-order valence-electron chi connectivity index (χ4n) is 2.82. The zero-order chi connectivity index (χ0) is 24.7. The molecule has 1 amide bonds. The van der Waals surface area contributed by atoms with Gasteiger partial charge in [0, 0.05) is 33.3 Å². The van der Waals surface area contributed by atoms with Gasteiger partial charge in [-0.15, -0.1) is 0 Å². The molecule has 176 valence electrons. The fraction of sp³-hybridized carbons (Fsp3) is 0.130. The Labute approximate surface area is 219 Å². The number of carbonyl (C=O) groups is 1. The van der Waals surface area contributed by atoms with Crippen LogP contribution in [0, 0.1) is 13.7 Å². The first-order valence-electron chi connectivity index (χ1n) is 9.89. The van der Waals surface area contributed by atoms with Gasteiger partial charge in [-0.3, -0.25) is 14.9 Å². The summed E-state index contributed by atoms with van der Waals surface area (Å²) in [6, 6.07) is 14.0. The summed E-state index contributed by atoms with van der Waals surface area (Å²) in [6.07, 6.45) is 1.47. The number of ether oxygens (including phenoxy) is 2. The third kappa shape index (κ3) is 6.81. The van der Waals surface area contributed by atoms with E-state index in [1.165, 1.54) is 30.5 Å². The van der Waals surface area contributed by atoms with Crippen LogP contribution in [0.5, 0.6) is 11.5 Å². The smallest absolute Gasteiger partial charge is 0.271 e. The Kier molecular flexibility index (Phi) is 9.08. The van der Waals surface area contributed by atoms with Crippen molar-refractivity contribution >= 4 is 63.6 Å². The SMILES string of the molecule is CCOc1cc(/C=N/NC(=O)c2ccc([N+](=O)[O-])cc2)cc(I)c1OCc1ccc(Cl)cc1Cl. The fourth-order valence-corrected chi connectivity index (χ4v) is 4.06. The number of rotatable bonds is 9. The molecule has 0 atom stereocenters. The van der Waals surface area contributed by atoms with Crippen molar-refractivity contribution in [3.8, 4) is 11.5 Å². The van der Waals surface area contributed by atoms with E-state index in [1.54, 1.807) is 24.3 Å². The van der Waals surface area contributed by atoms with Crippen LogP contribution >= 0.6 is 45.8 Å². The van der Waals surface area contributed by atoms with Crippen LogP contribution in [-0.4, -0.2) is 23.7 Å². The summed E-state index contributed by atoms with van der Waals surface area (Å²) in [5, 5.41) is 15.8. The van der Waals surface area contributed by atoms with E-state index in [9.17, 15) is 14.9 Å². The van der Waals surface area contributed by atoms with E-state index in [1.807, 2.05) is 13.0 Å². The molecule has 0 aliphatic rings. The molecule has 0 aromatic heterocycles. The molecule has 0 heterocycles. The predicted octanol–water partition coefficient (Wildman–Crippen LogP) is 6.25. The van der Waals surface area contributed by atoms with E-state index in [4.69, 9.17) is 32.7 Å². The topological polar surface area (TPSA) is 103 Å². The summed E-state index contributed by atoms with van der Waals surface area (Å²) in [5.41, 5.74) is 4.00. The molecule has 11 heteroatoms. The van der Waals surface area contributed by atoms with Gasteiger partial charge in [-0.25, -0.2) is 5.43 Å². The summed E-state index contributed by atoms with van der Waals surface area (Å²) in [4.78, 5) is 22.4. The van der Waals surface area contributed by atoms with Crippen molar-refractivity contribution in [1.29, 1.82) is 0 Å². The standard InChI is InChI=1S/C23H18Cl2IN3O5/c1-2-33-21-10-14(12-27-28-23(30)15-4-7-18(8-5-15)29(31)32)9-20(26)22(21)34-13-16-3-6-17(24)11-19(16)25/h3-12H,2,13H2,1H3,(H,28,30)/b27-12+. The number of nitrogens with zero attached hydrogens (tertiary/aromatic N) is 2. The van der Waals surface area contributed by atoms with Gasteiger partial charge >= 0.3 is 0 Å². The van der Waals surface area contributed by atoms with E-state index in [-0.39, 0.29) is 17.9 Å². The highest BCUT2D eigenvalue weighted by Crippen LogP contribution is 2.35. The maximum absolute atomic E-state index is 12.2. The Hall–Kier alpha value is -2.89. The molecule has 0 aliphatic carbocycles. The van der Waals surface area contributed by atoms with Crippen molar-refractivity contribution in [2.45, 2.75) is 13.5 Å². The minimum atomic E-state index is -0.533. The van der Waals surface area contributed by atoms with Crippen LogP contribution in [0.25, 0.3) is 0 Å². The Morgan fingerprint density at radius 3 is 2.53 bits per heavy atom. The molecule has 0 aliphatic heterocycles. The minimum Gasteiger partial charge on any atom is -0.490 e. The molecular weight excluding hydrogens is 596 g/mol. The van der Waals surface area contributed by atoms with E-state index < -0.39 is 10.8 Å². The Morgan fingerprint density at radius 1 is 1.15 bits per heavy atom. The third-order valence-corrected chi connectivity index (χ3v) is 5.83. The Balaban J connectivity index is 1.71.